The Bertz CT molecular complexity index is 418. The van der Waals surface area contributed by atoms with Gasteiger partial charge in [-0.25, -0.2) is 0 Å². The van der Waals surface area contributed by atoms with E-state index in [1.165, 1.54) is 0 Å². The summed E-state index contributed by atoms with van der Waals surface area (Å²) in [6.45, 7) is 8.21. The molecule has 0 bridgehead atoms. The number of hydrogen-bond donors (Lipinski definition) is 2. The smallest absolute Gasteiger partial charge is 0.272 e. The van der Waals surface area contributed by atoms with Crippen LogP contribution in [-0.2, 0) is 0 Å². The van der Waals surface area contributed by atoms with E-state index in [0.717, 1.165) is 25.1 Å². The predicted octanol–water partition coefficient (Wildman–Crippen LogP) is 2.10. The van der Waals surface area contributed by atoms with Crippen LogP contribution >= 0.6 is 0 Å². The van der Waals surface area contributed by atoms with Gasteiger partial charge < -0.3 is 16.0 Å². The Morgan fingerprint density at radius 2 is 2.10 bits per heavy atom. The third kappa shape index (κ3) is 4.81. The molecule has 0 saturated carbocycles. The van der Waals surface area contributed by atoms with Crippen LogP contribution in [0.2, 0.25) is 0 Å². The highest BCUT2D eigenvalue weighted by Crippen LogP contribution is 2.10. The monoisotopic (exact) mass is 278 g/mol. The zero-order chi connectivity index (χ0) is 15.0. The van der Waals surface area contributed by atoms with Crippen LogP contribution in [0.25, 0.3) is 0 Å². The standard InChI is InChI=1S/C15H26N4O/c1-4-12(16)7-9-17-13-8-10-18-14(11-13)15(20)19(5-2)6-3/h8,10-12H,4-7,9,16H2,1-3H3,(H,17,18). The molecule has 0 radical (unpaired) electrons. The summed E-state index contributed by atoms with van der Waals surface area (Å²) in [5.41, 5.74) is 7.28. The quantitative estimate of drug-likeness (QED) is 0.764. The van der Waals surface area contributed by atoms with Crippen molar-refractivity contribution in [3.63, 3.8) is 0 Å². The minimum absolute atomic E-state index is 0.0242. The lowest BCUT2D eigenvalue weighted by atomic mass is 10.2. The number of pyridine rings is 1. The second kappa shape index (κ2) is 8.53. The molecule has 5 heteroatoms. The largest absolute Gasteiger partial charge is 0.385 e. The summed E-state index contributed by atoms with van der Waals surface area (Å²) in [5.74, 6) is -0.0242. The maximum atomic E-state index is 12.2. The van der Waals surface area contributed by atoms with Crippen LogP contribution < -0.4 is 11.1 Å². The highest BCUT2D eigenvalue weighted by atomic mass is 16.2. The number of nitrogens with two attached hydrogens (primary N) is 1. The first-order valence-electron chi connectivity index (χ1n) is 7.37. The van der Waals surface area contributed by atoms with Crippen molar-refractivity contribution in [1.29, 1.82) is 0 Å². The molecule has 0 spiro atoms. The Hall–Kier alpha value is -1.62. The van der Waals surface area contributed by atoms with Gasteiger partial charge in [0, 0.05) is 37.6 Å². The molecular formula is C15H26N4O. The number of hydrogen-bond acceptors (Lipinski definition) is 4. The van der Waals surface area contributed by atoms with Crippen molar-refractivity contribution < 1.29 is 4.79 Å². The highest BCUT2D eigenvalue weighted by molar-refractivity contribution is 5.93. The van der Waals surface area contributed by atoms with E-state index in [0.29, 0.717) is 18.8 Å². The molecule has 1 atom stereocenters. The van der Waals surface area contributed by atoms with Gasteiger partial charge in [-0.05, 0) is 38.8 Å². The molecule has 20 heavy (non-hydrogen) atoms. The molecule has 0 aliphatic rings. The average Bonchev–Trinajstić information content (AvgIpc) is 2.48. The summed E-state index contributed by atoms with van der Waals surface area (Å²) in [5, 5.41) is 3.29. The minimum Gasteiger partial charge on any atom is -0.385 e. The average molecular weight is 278 g/mol. The van der Waals surface area contributed by atoms with E-state index in [1.54, 1.807) is 17.2 Å². The number of carbonyl (C=O) groups excluding carboxylic acids is 1. The highest BCUT2D eigenvalue weighted by Gasteiger charge is 2.14. The van der Waals surface area contributed by atoms with E-state index in [1.807, 2.05) is 19.9 Å². The summed E-state index contributed by atoms with van der Waals surface area (Å²) in [6.07, 6.45) is 3.56. The number of anilines is 1. The number of nitrogens with zero attached hydrogens (tertiary/aromatic N) is 2. The van der Waals surface area contributed by atoms with Crippen LogP contribution in [-0.4, -0.2) is 41.5 Å². The molecule has 3 N–H and O–H groups in total. The number of nitrogens with one attached hydrogen (secondary N) is 1. The molecule has 0 aliphatic carbocycles. The fourth-order valence-electron chi connectivity index (χ4n) is 1.94. The van der Waals surface area contributed by atoms with Gasteiger partial charge in [0.2, 0.25) is 0 Å². The van der Waals surface area contributed by atoms with Crippen LogP contribution in [0, 0.1) is 0 Å². The van der Waals surface area contributed by atoms with Gasteiger partial charge >= 0.3 is 0 Å². The molecule has 1 heterocycles. The van der Waals surface area contributed by atoms with E-state index in [9.17, 15) is 4.79 Å². The number of rotatable bonds is 8. The molecular weight excluding hydrogens is 252 g/mol. The van der Waals surface area contributed by atoms with E-state index in [-0.39, 0.29) is 11.9 Å². The van der Waals surface area contributed by atoms with E-state index < -0.39 is 0 Å². The Balaban J connectivity index is 2.63. The molecule has 0 fully saturated rings. The summed E-state index contributed by atoms with van der Waals surface area (Å²) >= 11 is 0. The van der Waals surface area contributed by atoms with Crippen LogP contribution in [0.1, 0.15) is 44.1 Å². The first-order chi connectivity index (χ1) is 9.62. The SMILES string of the molecule is CCC(N)CCNc1ccnc(C(=O)N(CC)CC)c1. The molecule has 0 aromatic carbocycles. The zero-order valence-electron chi connectivity index (χ0n) is 12.7. The lowest BCUT2D eigenvalue weighted by molar-refractivity contribution is 0.0767. The third-order valence-corrected chi connectivity index (χ3v) is 3.40. The van der Waals surface area contributed by atoms with E-state index >= 15 is 0 Å². The van der Waals surface area contributed by atoms with Crippen molar-refractivity contribution >= 4 is 11.6 Å². The maximum Gasteiger partial charge on any atom is 0.272 e. The van der Waals surface area contributed by atoms with Gasteiger partial charge in [-0.15, -0.1) is 0 Å². The van der Waals surface area contributed by atoms with Crippen molar-refractivity contribution in [2.45, 2.75) is 39.7 Å². The fourth-order valence-corrected chi connectivity index (χ4v) is 1.94. The molecule has 1 aromatic heterocycles. The Kier molecular flexibility index (Phi) is 7.01. The van der Waals surface area contributed by atoms with Crippen molar-refractivity contribution in [2.24, 2.45) is 5.73 Å². The molecule has 5 nitrogen and oxygen atoms in total. The van der Waals surface area contributed by atoms with Crippen LogP contribution in [0.4, 0.5) is 5.69 Å². The zero-order valence-corrected chi connectivity index (χ0v) is 12.7. The van der Waals surface area contributed by atoms with Crippen molar-refractivity contribution in [3.05, 3.63) is 24.0 Å². The van der Waals surface area contributed by atoms with Gasteiger partial charge in [0.25, 0.3) is 5.91 Å². The van der Waals surface area contributed by atoms with Gasteiger partial charge in [0.15, 0.2) is 0 Å². The Labute approximate surface area is 121 Å². The lowest BCUT2D eigenvalue weighted by Gasteiger charge is -2.18. The number of aromatic nitrogens is 1. The second-order valence-corrected chi connectivity index (χ2v) is 4.79. The molecule has 1 aromatic rings. The van der Waals surface area contributed by atoms with Crippen molar-refractivity contribution in [3.8, 4) is 0 Å². The Morgan fingerprint density at radius 3 is 2.70 bits per heavy atom. The Morgan fingerprint density at radius 1 is 1.40 bits per heavy atom. The number of carbonyl (C=O) groups is 1. The topological polar surface area (TPSA) is 71.2 Å². The first kappa shape index (κ1) is 16.4. The van der Waals surface area contributed by atoms with Gasteiger partial charge in [0.1, 0.15) is 5.69 Å². The third-order valence-electron chi connectivity index (χ3n) is 3.40. The number of amides is 1. The summed E-state index contributed by atoms with van der Waals surface area (Å²) in [7, 11) is 0. The summed E-state index contributed by atoms with van der Waals surface area (Å²) < 4.78 is 0. The molecule has 1 unspecified atom stereocenters. The summed E-state index contributed by atoms with van der Waals surface area (Å²) in [6, 6.07) is 3.90. The van der Waals surface area contributed by atoms with Crippen LogP contribution in [0.5, 0.6) is 0 Å². The van der Waals surface area contributed by atoms with Crippen molar-refractivity contribution in [1.82, 2.24) is 9.88 Å². The van der Waals surface area contributed by atoms with Crippen LogP contribution in [0.15, 0.2) is 18.3 Å². The molecule has 1 rings (SSSR count). The maximum absolute atomic E-state index is 12.2. The van der Waals surface area contributed by atoms with E-state index in [4.69, 9.17) is 5.73 Å². The molecule has 0 aliphatic heterocycles. The molecule has 112 valence electrons. The van der Waals surface area contributed by atoms with Crippen LogP contribution in [0.3, 0.4) is 0 Å². The lowest BCUT2D eigenvalue weighted by Crippen LogP contribution is -2.31. The van der Waals surface area contributed by atoms with Crippen molar-refractivity contribution in [2.75, 3.05) is 25.0 Å². The molecule has 1 amide bonds. The minimum atomic E-state index is -0.0242. The molecule has 0 saturated heterocycles. The van der Waals surface area contributed by atoms with Gasteiger partial charge in [-0.1, -0.05) is 6.92 Å². The van der Waals surface area contributed by atoms with Gasteiger partial charge in [0.05, 0.1) is 0 Å². The fraction of sp³-hybridized carbons (Fsp3) is 0.600. The second-order valence-electron chi connectivity index (χ2n) is 4.79. The van der Waals surface area contributed by atoms with Gasteiger partial charge in [-0.2, -0.15) is 0 Å². The predicted molar refractivity (Wildman–Crippen MR) is 82.9 cm³/mol. The van der Waals surface area contributed by atoms with E-state index in [2.05, 4.69) is 17.2 Å². The normalized spacial score (nSPS) is 12.0. The van der Waals surface area contributed by atoms with Gasteiger partial charge in [-0.3, -0.25) is 9.78 Å². The first-order valence-corrected chi connectivity index (χ1v) is 7.37. The summed E-state index contributed by atoms with van der Waals surface area (Å²) in [4.78, 5) is 18.1.